The highest BCUT2D eigenvalue weighted by atomic mass is 16.7. The number of ether oxygens (including phenoxy) is 3. The molecule has 1 aliphatic carbocycles. The normalized spacial score (nSPS) is 36.3. The third kappa shape index (κ3) is 9.46. The first-order chi connectivity index (χ1) is 17.6. The van der Waals surface area contributed by atoms with Gasteiger partial charge in [0.25, 0.3) is 0 Å². The van der Waals surface area contributed by atoms with E-state index in [1.165, 1.54) is 0 Å². The molecule has 13 heteroatoms. The Kier molecular flexibility index (Phi) is 13.8. The molecule has 37 heavy (non-hydrogen) atoms. The Morgan fingerprint density at radius 1 is 0.865 bits per heavy atom. The topological polar surface area (TPSA) is 215 Å². The maximum atomic E-state index is 11.9. The van der Waals surface area contributed by atoms with E-state index in [2.05, 4.69) is 5.32 Å². The number of unbranched alkanes of at least 4 members (excludes halogenated alkanes) is 1. The second kappa shape index (κ2) is 16.0. The van der Waals surface area contributed by atoms with Crippen molar-refractivity contribution in [2.75, 3.05) is 26.4 Å². The van der Waals surface area contributed by atoms with Crippen LogP contribution in [0.25, 0.3) is 0 Å². The van der Waals surface area contributed by atoms with Gasteiger partial charge in [0.1, 0.15) is 42.4 Å². The lowest BCUT2D eigenvalue weighted by molar-refractivity contribution is -0.306. The van der Waals surface area contributed by atoms with E-state index in [1.807, 2.05) is 6.92 Å². The summed E-state index contributed by atoms with van der Waals surface area (Å²) >= 11 is 0. The molecule has 0 aromatic rings. The third-order valence-corrected chi connectivity index (χ3v) is 6.82. The van der Waals surface area contributed by atoms with Crippen LogP contribution < -0.4 is 5.32 Å². The molecular formula is C24H43NO12. The zero-order chi connectivity index (χ0) is 27.5. The maximum absolute atomic E-state index is 11.9. The first-order valence-electron chi connectivity index (χ1n) is 13.0. The van der Waals surface area contributed by atoms with Gasteiger partial charge in [-0.05, 0) is 25.7 Å². The summed E-state index contributed by atoms with van der Waals surface area (Å²) in [5, 5.41) is 72.8. The van der Waals surface area contributed by atoms with Crippen LogP contribution in [0.4, 0.5) is 0 Å². The SMILES string of the molecule is CCCC(=O)CCCCC(=O)NCCO[C@H]1O[C@H](CO[C@H]2C[C@H](CO)[C@@H](O)[C@H](O)[C@@H]2O)[C@@H](O)[C@H](O)[C@@H]1O. The number of hydrogen-bond acceptors (Lipinski definition) is 12. The summed E-state index contributed by atoms with van der Waals surface area (Å²) in [5.74, 6) is -0.736. The summed E-state index contributed by atoms with van der Waals surface area (Å²) in [7, 11) is 0. The summed E-state index contributed by atoms with van der Waals surface area (Å²) < 4.78 is 16.6. The van der Waals surface area contributed by atoms with E-state index in [4.69, 9.17) is 14.2 Å². The van der Waals surface area contributed by atoms with Crippen LogP contribution in [-0.4, -0.2) is 129 Å². The van der Waals surface area contributed by atoms with E-state index in [9.17, 15) is 45.3 Å². The first kappa shape index (κ1) is 32.0. The van der Waals surface area contributed by atoms with Crippen molar-refractivity contribution in [1.29, 1.82) is 0 Å². The largest absolute Gasteiger partial charge is 0.396 e. The van der Waals surface area contributed by atoms with Crippen molar-refractivity contribution >= 4 is 11.7 Å². The van der Waals surface area contributed by atoms with Crippen molar-refractivity contribution in [2.45, 2.75) is 107 Å². The minimum absolute atomic E-state index is 0.0402. The summed E-state index contributed by atoms with van der Waals surface area (Å²) in [4.78, 5) is 23.4. The van der Waals surface area contributed by atoms with Crippen LogP contribution in [-0.2, 0) is 23.8 Å². The lowest BCUT2D eigenvalue weighted by atomic mass is 9.81. The van der Waals surface area contributed by atoms with E-state index in [0.29, 0.717) is 25.7 Å². The first-order valence-corrected chi connectivity index (χ1v) is 13.0. The van der Waals surface area contributed by atoms with Crippen molar-refractivity contribution in [3.63, 3.8) is 0 Å². The Morgan fingerprint density at radius 2 is 1.54 bits per heavy atom. The molecule has 0 aromatic carbocycles. The van der Waals surface area contributed by atoms with Crippen LogP contribution in [0.2, 0.25) is 0 Å². The van der Waals surface area contributed by atoms with Crippen molar-refractivity contribution in [1.82, 2.24) is 5.32 Å². The summed E-state index contributed by atoms with van der Waals surface area (Å²) in [6, 6.07) is 0. The Morgan fingerprint density at radius 3 is 2.22 bits per heavy atom. The fraction of sp³-hybridized carbons (Fsp3) is 0.917. The van der Waals surface area contributed by atoms with Crippen LogP contribution >= 0.6 is 0 Å². The van der Waals surface area contributed by atoms with Crippen molar-refractivity contribution in [3.05, 3.63) is 0 Å². The average Bonchev–Trinajstić information content (AvgIpc) is 2.88. The molecule has 0 aromatic heterocycles. The van der Waals surface area contributed by atoms with Crippen molar-refractivity contribution in [3.8, 4) is 0 Å². The molecule has 1 aliphatic heterocycles. The summed E-state index contributed by atoms with van der Waals surface area (Å²) in [5.41, 5.74) is 0. The Balaban J connectivity index is 1.74. The quantitative estimate of drug-likeness (QED) is 0.100. The van der Waals surface area contributed by atoms with Crippen LogP contribution in [0.3, 0.4) is 0 Å². The van der Waals surface area contributed by atoms with Gasteiger partial charge in [-0.15, -0.1) is 0 Å². The molecule has 13 nitrogen and oxygen atoms in total. The van der Waals surface area contributed by atoms with Crippen LogP contribution in [0.1, 0.15) is 51.9 Å². The molecule has 1 saturated heterocycles. The van der Waals surface area contributed by atoms with Gasteiger partial charge >= 0.3 is 0 Å². The highest BCUT2D eigenvalue weighted by molar-refractivity contribution is 5.78. The number of ketones is 1. The number of nitrogens with one attached hydrogen (secondary N) is 1. The minimum atomic E-state index is -1.62. The summed E-state index contributed by atoms with van der Waals surface area (Å²) in [6.07, 6.45) is -9.12. The number of hydrogen-bond donors (Lipinski definition) is 8. The van der Waals surface area contributed by atoms with E-state index in [0.717, 1.165) is 6.42 Å². The third-order valence-electron chi connectivity index (χ3n) is 6.82. The second-order valence-corrected chi connectivity index (χ2v) is 9.75. The lowest BCUT2D eigenvalue weighted by Gasteiger charge is -2.42. The molecule has 0 radical (unpaired) electrons. The fourth-order valence-electron chi connectivity index (χ4n) is 4.50. The molecular weight excluding hydrogens is 494 g/mol. The molecule has 2 rings (SSSR count). The average molecular weight is 538 g/mol. The lowest BCUT2D eigenvalue weighted by Crippen LogP contribution is -2.60. The highest BCUT2D eigenvalue weighted by Gasteiger charge is 2.46. The number of rotatable bonds is 15. The molecule has 1 heterocycles. The molecule has 0 bridgehead atoms. The molecule has 1 saturated carbocycles. The standard InChI is InChI=1S/C24H43NO12/c1-2-5-14(27)6-3-4-7-17(28)25-8-9-35-24-23(34)22(33)20(31)16(37-24)12-36-15-10-13(11-26)18(29)21(32)19(15)30/h13,15-16,18-24,26,29-34H,2-12H2,1H3,(H,25,28)/t13-,15+,16-,18-,19-,20-,21+,22+,23+,24+/m1/s1. The van der Waals surface area contributed by atoms with Gasteiger partial charge in [0.15, 0.2) is 6.29 Å². The zero-order valence-corrected chi connectivity index (χ0v) is 21.2. The predicted octanol–water partition coefficient (Wildman–Crippen LogP) is -2.66. The molecule has 0 spiro atoms. The molecule has 10 atom stereocenters. The highest BCUT2D eigenvalue weighted by Crippen LogP contribution is 2.29. The van der Waals surface area contributed by atoms with Gasteiger partial charge in [-0.3, -0.25) is 9.59 Å². The van der Waals surface area contributed by atoms with Crippen molar-refractivity contribution in [2.24, 2.45) is 5.92 Å². The van der Waals surface area contributed by atoms with Gasteiger partial charge < -0.3 is 55.3 Å². The van der Waals surface area contributed by atoms with Crippen molar-refractivity contribution < 1.29 is 59.5 Å². The van der Waals surface area contributed by atoms with Gasteiger partial charge in [0.2, 0.25) is 5.91 Å². The van der Waals surface area contributed by atoms with Crippen LogP contribution in [0.15, 0.2) is 0 Å². The molecule has 1 amide bonds. The van der Waals surface area contributed by atoms with Crippen LogP contribution in [0, 0.1) is 5.92 Å². The Bertz CT molecular complexity index is 695. The molecule has 0 unspecified atom stereocenters. The van der Waals surface area contributed by atoms with Gasteiger partial charge in [0.05, 0.1) is 25.4 Å². The second-order valence-electron chi connectivity index (χ2n) is 9.75. The van der Waals surface area contributed by atoms with Gasteiger partial charge in [0, 0.05) is 38.3 Å². The van der Waals surface area contributed by atoms with Gasteiger partial charge in [-0.2, -0.15) is 0 Å². The van der Waals surface area contributed by atoms with Gasteiger partial charge in [-0.25, -0.2) is 0 Å². The fourth-order valence-corrected chi connectivity index (χ4v) is 4.50. The molecule has 2 fully saturated rings. The molecule has 8 N–H and O–H groups in total. The van der Waals surface area contributed by atoms with Gasteiger partial charge in [-0.1, -0.05) is 6.92 Å². The van der Waals surface area contributed by atoms with E-state index < -0.39 is 67.6 Å². The van der Waals surface area contributed by atoms with E-state index in [1.54, 1.807) is 0 Å². The minimum Gasteiger partial charge on any atom is -0.396 e. The number of aliphatic hydroxyl groups excluding tert-OH is 7. The smallest absolute Gasteiger partial charge is 0.220 e. The maximum Gasteiger partial charge on any atom is 0.220 e. The summed E-state index contributed by atoms with van der Waals surface area (Å²) in [6.45, 7) is 1.23. The Labute approximate surface area is 216 Å². The zero-order valence-electron chi connectivity index (χ0n) is 21.2. The molecule has 216 valence electrons. The number of aliphatic hydroxyl groups is 7. The number of carbonyl (C=O) groups excluding carboxylic acids is 2. The van der Waals surface area contributed by atoms with Crippen LogP contribution in [0.5, 0.6) is 0 Å². The number of amides is 1. The Hall–Kier alpha value is -1.26. The number of carbonyl (C=O) groups is 2. The predicted molar refractivity (Wildman–Crippen MR) is 127 cm³/mol. The molecule has 2 aliphatic rings. The monoisotopic (exact) mass is 537 g/mol. The van der Waals surface area contributed by atoms with E-state index >= 15 is 0 Å². The van der Waals surface area contributed by atoms with E-state index in [-0.39, 0.29) is 44.3 Å². The number of Topliss-reactive ketones (excluding diaryl/α,β-unsaturated/α-hetero) is 1.